The highest BCUT2D eigenvalue weighted by Crippen LogP contribution is 2.56. The minimum Gasteiger partial charge on any atom is -0.311 e. The third-order valence-electron chi connectivity index (χ3n) is 18.5. The Morgan fingerprint density at radius 3 is 1.41 bits per heavy atom. The number of hydrogen-bond acceptors (Lipinski definition) is 2. The summed E-state index contributed by atoms with van der Waals surface area (Å²) in [6.45, 7) is 26.7. The zero-order valence-electron chi connectivity index (χ0n) is 46.9. The van der Waals surface area contributed by atoms with E-state index >= 15 is 0 Å². The molecule has 0 fully saturated rings. The first-order valence-electron chi connectivity index (χ1n) is 27.8. The Hall–Kier alpha value is -5.80. The number of benzene rings is 7. The Kier molecular flexibility index (Phi) is 9.06. The number of nitrogens with zero attached hydrogens (tertiary/aromatic N) is 2. The number of fused-ring (bicyclic) bond motifs is 7. The number of anilines is 6. The van der Waals surface area contributed by atoms with E-state index < -0.39 is 6.85 Å². The second kappa shape index (κ2) is 15.1. The highest BCUT2D eigenvalue weighted by atomic mass is 15.2. The molecule has 0 N–H and O–H groups in total. The first-order valence-corrected chi connectivity index (χ1v) is 26.3. The summed E-state index contributed by atoms with van der Waals surface area (Å²) >= 11 is 0. The summed E-state index contributed by atoms with van der Waals surface area (Å²) in [5, 5.41) is 0. The van der Waals surface area contributed by atoms with E-state index in [0.29, 0.717) is 5.56 Å². The van der Waals surface area contributed by atoms with Crippen molar-refractivity contribution in [3.63, 3.8) is 0 Å². The van der Waals surface area contributed by atoms with Crippen LogP contribution in [0.4, 0.5) is 34.1 Å². The molecule has 70 heavy (non-hydrogen) atoms. The molecule has 0 saturated carbocycles. The van der Waals surface area contributed by atoms with Crippen LogP contribution in [0, 0.1) is 6.85 Å². The van der Waals surface area contributed by atoms with Crippen LogP contribution in [-0.4, -0.2) is 6.71 Å². The Bertz CT molecular complexity index is 3410. The van der Waals surface area contributed by atoms with Crippen molar-refractivity contribution in [3.8, 4) is 22.3 Å². The largest absolute Gasteiger partial charge is 0.311 e. The summed E-state index contributed by atoms with van der Waals surface area (Å²) in [4.78, 5) is 5.14. The Balaban J connectivity index is 1.26. The number of hydrogen-bond donors (Lipinski definition) is 0. The smallest absolute Gasteiger partial charge is 0.252 e. The van der Waals surface area contributed by atoms with Crippen LogP contribution in [0.15, 0.2) is 133 Å². The van der Waals surface area contributed by atoms with Crippen molar-refractivity contribution in [2.24, 2.45) is 0 Å². The lowest BCUT2D eigenvalue weighted by Crippen LogP contribution is -2.62. The molecule has 2 heterocycles. The van der Waals surface area contributed by atoms with Gasteiger partial charge in [0.05, 0.1) is 5.69 Å². The molecular formula is C67H73BN2. The summed E-state index contributed by atoms with van der Waals surface area (Å²) in [5.74, 6) is 0. The van der Waals surface area contributed by atoms with Crippen molar-refractivity contribution in [1.82, 2.24) is 0 Å². The molecule has 0 spiro atoms. The molecule has 0 radical (unpaired) electrons. The fourth-order valence-electron chi connectivity index (χ4n) is 13.7. The van der Waals surface area contributed by atoms with Crippen molar-refractivity contribution in [2.75, 3.05) is 9.80 Å². The summed E-state index contributed by atoms with van der Waals surface area (Å²) < 4.78 is 26.8. The molecule has 3 heteroatoms. The van der Waals surface area contributed by atoms with Gasteiger partial charge in [0, 0.05) is 38.1 Å². The topological polar surface area (TPSA) is 6.48 Å². The number of aryl methyl sites for hydroxylation is 1. The minimum atomic E-state index is -2.31. The normalized spacial score (nSPS) is 20.9. The fourth-order valence-corrected chi connectivity index (χ4v) is 13.7. The summed E-state index contributed by atoms with van der Waals surface area (Å²) in [6.07, 6.45) is 6.70. The third-order valence-corrected chi connectivity index (χ3v) is 18.5. The first kappa shape index (κ1) is 41.9. The van der Waals surface area contributed by atoms with Gasteiger partial charge in [-0.05, 0) is 198 Å². The highest BCUT2D eigenvalue weighted by Gasteiger charge is 2.48. The average Bonchev–Trinajstić information content (AvgIpc) is 3.35. The molecule has 7 aromatic rings. The van der Waals surface area contributed by atoms with Crippen LogP contribution in [0.2, 0.25) is 0 Å². The van der Waals surface area contributed by atoms with Crippen molar-refractivity contribution < 1.29 is 4.11 Å². The highest BCUT2D eigenvalue weighted by molar-refractivity contribution is 7.00. The Morgan fingerprint density at radius 1 is 0.371 bits per heavy atom. The van der Waals surface area contributed by atoms with E-state index in [1.54, 1.807) is 0 Å². The van der Waals surface area contributed by atoms with Gasteiger partial charge in [-0.25, -0.2) is 0 Å². The predicted molar refractivity (Wildman–Crippen MR) is 302 cm³/mol. The van der Waals surface area contributed by atoms with E-state index in [2.05, 4.69) is 214 Å². The molecule has 3 aliphatic carbocycles. The van der Waals surface area contributed by atoms with E-state index in [1.807, 2.05) is 12.1 Å². The lowest BCUT2D eigenvalue weighted by atomic mass is 9.33. The minimum absolute atomic E-state index is 0.00798. The van der Waals surface area contributed by atoms with Crippen molar-refractivity contribution in [3.05, 3.63) is 172 Å². The van der Waals surface area contributed by atoms with Crippen LogP contribution in [0.5, 0.6) is 0 Å². The second-order valence-electron chi connectivity index (χ2n) is 25.9. The Morgan fingerprint density at radius 2 is 0.843 bits per heavy atom. The molecule has 0 aromatic heterocycles. The quantitative estimate of drug-likeness (QED) is 0.162. The fraction of sp³-hybridized carbons (Fsp3) is 0.373. The van der Waals surface area contributed by atoms with Crippen LogP contribution < -0.4 is 26.2 Å². The van der Waals surface area contributed by atoms with E-state index in [-0.39, 0.29) is 39.2 Å². The van der Waals surface area contributed by atoms with Gasteiger partial charge in [-0.2, -0.15) is 0 Å². The molecule has 5 aliphatic rings. The zero-order chi connectivity index (χ0) is 51.6. The molecular weight excluding hydrogens is 844 g/mol. The summed E-state index contributed by atoms with van der Waals surface area (Å²) in [6, 6.07) is 50.4. The van der Waals surface area contributed by atoms with Gasteiger partial charge in [0.2, 0.25) is 0 Å². The van der Waals surface area contributed by atoms with Crippen molar-refractivity contribution in [2.45, 2.75) is 161 Å². The van der Waals surface area contributed by atoms with Crippen LogP contribution in [0.25, 0.3) is 22.3 Å². The molecule has 0 amide bonds. The van der Waals surface area contributed by atoms with Crippen molar-refractivity contribution in [1.29, 1.82) is 0 Å². The van der Waals surface area contributed by atoms with E-state index in [9.17, 15) is 0 Å². The van der Waals surface area contributed by atoms with Crippen LogP contribution in [0.3, 0.4) is 0 Å². The second-order valence-corrected chi connectivity index (χ2v) is 25.9. The van der Waals surface area contributed by atoms with E-state index in [0.717, 1.165) is 83.3 Å². The van der Waals surface area contributed by atoms with Crippen LogP contribution in [-0.2, 0) is 32.5 Å². The first-order chi connectivity index (χ1) is 34.3. The van der Waals surface area contributed by atoms with Gasteiger partial charge in [0.1, 0.15) is 0 Å². The van der Waals surface area contributed by atoms with Gasteiger partial charge in [0.25, 0.3) is 6.71 Å². The molecule has 0 saturated heterocycles. The van der Waals surface area contributed by atoms with Gasteiger partial charge >= 0.3 is 0 Å². The molecule has 2 nitrogen and oxygen atoms in total. The molecule has 0 bridgehead atoms. The van der Waals surface area contributed by atoms with E-state index in [1.165, 1.54) is 61.4 Å². The lowest BCUT2D eigenvalue weighted by molar-refractivity contribution is 0.332. The predicted octanol–water partition coefficient (Wildman–Crippen LogP) is 16.5. The molecule has 7 aromatic carbocycles. The molecule has 2 aliphatic heterocycles. The molecule has 0 atom stereocenters. The van der Waals surface area contributed by atoms with E-state index in [4.69, 9.17) is 4.11 Å². The maximum Gasteiger partial charge on any atom is 0.252 e. The third kappa shape index (κ3) is 6.79. The van der Waals surface area contributed by atoms with Gasteiger partial charge in [-0.3, -0.25) is 0 Å². The molecule has 0 unspecified atom stereocenters. The average molecular weight is 920 g/mol. The van der Waals surface area contributed by atoms with Gasteiger partial charge in [-0.1, -0.05) is 168 Å². The zero-order valence-corrected chi connectivity index (χ0v) is 43.9. The molecule has 12 rings (SSSR count). The van der Waals surface area contributed by atoms with Crippen LogP contribution in [0.1, 0.15) is 165 Å². The van der Waals surface area contributed by atoms with Gasteiger partial charge in [0.15, 0.2) is 0 Å². The Labute approximate surface area is 424 Å². The monoisotopic (exact) mass is 920 g/mol. The maximum atomic E-state index is 8.94. The summed E-state index contributed by atoms with van der Waals surface area (Å²) in [7, 11) is 0. The molecule has 354 valence electrons. The van der Waals surface area contributed by atoms with Gasteiger partial charge < -0.3 is 9.80 Å². The maximum absolute atomic E-state index is 8.94. The number of rotatable bonds is 4. The van der Waals surface area contributed by atoms with Crippen molar-refractivity contribution >= 4 is 57.2 Å². The summed E-state index contributed by atoms with van der Waals surface area (Å²) in [5.41, 5.74) is 23.7. The standard InChI is InChI=1S/C67H73BN2/c1-42-24-27-54-57(34-42)70(56-40-52-50(64(6,7)30-32-66(52,10)11)38-47(56)44-22-18-15-19-23-44)60-36-45(43-20-16-14-17-21-43)35-59-61(60)68(54)55-39-51-53(67(12,13)33-31-65(51,8)9)41-58(55)69(59)46-25-26-48-49(37-46)63(4,5)29-28-62(48,2)3/h14-27,34-41H,28-33H2,1-13H3/i1D3. The van der Waals surface area contributed by atoms with Gasteiger partial charge in [-0.15, -0.1) is 0 Å². The lowest BCUT2D eigenvalue weighted by Gasteiger charge is -2.48. The van der Waals surface area contributed by atoms with Crippen LogP contribution >= 0.6 is 0 Å². The SMILES string of the molecule is [2H]C([2H])([2H])c1ccc2c(c1)N(c1cc3c(cc1-c1ccccc1)C(C)(C)CCC3(C)C)c1cc(-c3ccccc3)cc3c1B2c1cc2c(cc1N3c1ccc3c(c1)C(C)(C)CCC3(C)C)C(C)(C)CCC2(C)C.